The largest absolute Gasteiger partial charge is 0.381 e. The van der Waals surface area contributed by atoms with Gasteiger partial charge in [-0.2, -0.15) is 4.98 Å². The topological polar surface area (TPSA) is 102 Å². The van der Waals surface area contributed by atoms with Crippen molar-refractivity contribution in [2.75, 3.05) is 17.7 Å². The minimum Gasteiger partial charge on any atom is -0.381 e. The fourth-order valence-electron chi connectivity index (χ4n) is 2.80. The van der Waals surface area contributed by atoms with Crippen LogP contribution in [0.1, 0.15) is 63.7 Å². The van der Waals surface area contributed by atoms with E-state index in [1.807, 2.05) is 0 Å². The molecule has 0 spiro atoms. The van der Waals surface area contributed by atoms with Crippen LogP contribution in [0.5, 0.6) is 0 Å². The number of carbonyl (C=O) groups excluding carboxylic acids is 1. The zero-order valence-corrected chi connectivity index (χ0v) is 15.9. The second-order valence-electron chi connectivity index (χ2n) is 7.68. The van der Waals surface area contributed by atoms with Gasteiger partial charge in [0, 0.05) is 24.9 Å². The van der Waals surface area contributed by atoms with E-state index in [4.69, 9.17) is 10.5 Å². The van der Waals surface area contributed by atoms with Gasteiger partial charge in [0.15, 0.2) is 0 Å². The van der Waals surface area contributed by atoms with Crippen LogP contribution in [0.2, 0.25) is 0 Å². The van der Waals surface area contributed by atoms with Gasteiger partial charge in [0.1, 0.15) is 5.82 Å². The quantitative estimate of drug-likeness (QED) is 0.699. The van der Waals surface area contributed by atoms with E-state index in [1.54, 1.807) is 7.11 Å². The first-order chi connectivity index (χ1) is 11.7. The number of amides is 1. The molecule has 4 N–H and O–H groups in total. The second-order valence-corrected chi connectivity index (χ2v) is 7.68. The monoisotopic (exact) mass is 349 g/mol. The average Bonchev–Trinajstić information content (AvgIpc) is 2.55. The van der Waals surface area contributed by atoms with Crippen molar-refractivity contribution in [3.63, 3.8) is 0 Å². The molecule has 2 rings (SSSR count). The molecule has 1 aromatic rings. The highest BCUT2D eigenvalue weighted by atomic mass is 16.5. The fourth-order valence-corrected chi connectivity index (χ4v) is 2.80. The first-order valence-corrected chi connectivity index (χ1v) is 8.97. The molecule has 25 heavy (non-hydrogen) atoms. The molecule has 1 amide bonds. The number of primary amides is 1. The molecule has 0 saturated heterocycles. The zero-order chi connectivity index (χ0) is 18.6. The highest BCUT2D eigenvalue weighted by Crippen LogP contribution is 2.26. The average molecular weight is 349 g/mol. The summed E-state index contributed by atoms with van der Waals surface area (Å²) in [4.78, 5) is 20.5. The number of nitrogens with zero attached hydrogens (tertiary/aromatic N) is 2. The molecule has 0 atom stereocenters. The predicted molar refractivity (Wildman–Crippen MR) is 99.8 cm³/mol. The summed E-state index contributed by atoms with van der Waals surface area (Å²) in [5.41, 5.74) is 5.56. The minimum absolute atomic E-state index is 0.230. The van der Waals surface area contributed by atoms with Gasteiger partial charge >= 0.3 is 0 Å². The maximum absolute atomic E-state index is 11.7. The molecule has 0 aromatic carbocycles. The summed E-state index contributed by atoms with van der Waals surface area (Å²) in [6, 6.07) is 0.316. The molecule has 1 aliphatic carbocycles. The lowest BCUT2D eigenvalue weighted by Crippen LogP contribution is -2.38. The lowest BCUT2D eigenvalue weighted by atomic mass is 9.90. The number of nitrogens with two attached hydrogens (primary N) is 1. The fraction of sp³-hybridized carbons (Fsp3) is 0.722. The predicted octanol–water partition coefficient (Wildman–Crippen LogP) is 2.79. The summed E-state index contributed by atoms with van der Waals surface area (Å²) in [5.74, 6) is 0.820. The van der Waals surface area contributed by atoms with E-state index in [0.717, 1.165) is 25.7 Å². The summed E-state index contributed by atoms with van der Waals surface area (Å²) >= 11 is 0. The molecule has 1 aromatic heterocycles. The van der Waals surface area contributed by atoms with E-state index in [-0.39, 0.29) is 5.54 Å². The van der Waals surface area contributed by atoms with Crippen LogP contribution in [0, 0.1) is 5.92 Å². The van der Waals surface area contributed by atoms with E-state index in [1.165, 1.54) is 6.20 Å². The van der Waals surface area contributed by atoms with Crippen molar-refractivity contribution in [1.82, 2.24) is 9.97 Å². The van der Waals surface area contributed by atoms with Crippen LogP contribution in [-0.2, 0) is 4.74 Å². The Kier molecular flexibility index (Phi) is 6.21. The Bertz CT molecular complexity index is 595. The van der Waals surface area contributed by atoms with Gasteiger partial charge in [-0.1, -0.05) is 13.8 Å². The summed E-state index contributed by atoms with van der Waals surface area (Å²) in [6.45, 7) is 8.38. The van der Waals surface area contributed by atoms with Crippen molar-refractivity contribution >= 4 is 17.7 Å². The molecule has 0 unspecified atom stereocenters. The number of hydrogen-bond acceptors (Lipinski definition) is 6. The summed E-state index contributed by atoms with van der Waals surface area (Å²) in [5, 5.41) is 6.73. The lowest BCUT2D eigenvalue weighted by Gasteiger charge is -2.32. The van der Waals surface area contributed by atoms with Crippen LogP contribution in [-0.4, -0.2) is 40.7 Å². The number of nitrogens with one attached hydrogen (secondary N) is 2. The van der Waals surface area contributed by atoms with Crippen LogP contribution in [0.3, 0.4) is 0 Å². The molecular formula is C18H31N5O2. The van der Waals surface area contributed by atoms with Crippen LogP contribution >= 0.6 is 0 Å². The number of ether oxygens (including phenoxy) is 1. The van der Waals surface area contributed by atoms with Gasteiger partial charge in [-0.05, 0) is 45.4 Å². The van der Waals surface area contributed by atoms with E-state index < -0.39 is 5.91 Å². The maximum Gasteiger partial charge on any atom is 0.254 e. The Morgan fingerprint density at radius 1 is 1.32 bits per heavy atom. The molecule has 1 aliphatic rings. The van der Waals surface area contributed by atoms with Gasteiger partial charge in [-0.15, -0.1) is 0 Å². The number of anilines is 2. The van der Waals surface area contributed by atoms with Gasteiger partial charge in [-0.25, -0.2) is 4.98 Å². The molecular weight excluding hydrogens is 318 g/mol. The number of methoxy groups -OCH3 is 1. The molecule has 1 heterocycles. The second kappa shape index (κ2) is 7.99. The number of hydrogen-bond donors (Lipinski definition) is 3. The Morgan fingerprint density at radius 2 is 1.96 bits per heavy atom. The van der Waals surface area contributed by atoms with Gasteiger partial charge in [-0.3, -0.25) is 4.79 Å². The number of rotatable bonds is 7. The van der Waals surface area contributed by atoms with Crippen LogP contribution in [0.4, 0.5) is 11.8 Å². The van der Waals surface area contributed by atoms with E-state index in [9.17, 15) is 4.79 Å². The van der Waals surface area contributed by atoms with Crippen molar-refractivity contribution < 1.29 is 9.53 Å². The third kappa shape index (κ3) is 5.04. The molecule has 1 fully saturated rings. The molecule has 7 nitrogen and oxygen atoms in total. The highest BCUT2D eigenvalue weighted by Gasteiger charge is 2.26. The lowest BCUT2D eigenvalue weighted by molar-refractivity contribution is 0.0681. The molecule has 7 heteroatoms. The molecule has 0 bridgehead atoms. The van der Waals surface area contributed by atoms with Gasteiger partial charge in [0.05, 0.1) is 11.7 Å². The molecule has 0 aliphatic heterocycles. The SMILES string of the molecule is COC1CCC(Nc2ncc(C(N)=O)c(NC(C)(C)C(C)C)n2)CC1. The first kappa shape index (κ1) is 19.4. The standard InChI is InChI=1S/C18H31N5O2/c1-11(2)18(3,4)23-16-14(15(19)24)10-20-17(22-16)21-12-6-8-13(25-5)9-7-12/h10-13H,6-9H2,1-5H3,(H2,19,24)(H2,20,21,22,23). The van der Waals surface area contributed by atoms with Gasteiger partial charge < -0.3 is 21.1 Å². The normalized spacial score (nSPS) is 21.2. The van der Waals surface area contributed by atoms with Crippen LogP contribution in [0.25, 0.3) is 0 Å². The van der Waals surface area contributed by atoms with Crippen molar-refractivity contribution in [1.29, 1.82) is 0 Å². The first-order valence-electron chi connectivity index (χ1n) is 8.97. The van der Waals surface area contributed by atoms with E-state index in [0.29, 0.717) is 35.4 Å². The summed E-state index contributed by atoms with van der Waals surface area (Å²) < 4.78 is 5.41. The third-order valence-corrected chi connectivity index (χ3v) is 5.28. The molecule has 1 saturated carbocycles. The van der Waals surface area contributed by atoms with Gasteiger partial charge in [0.25, 0.3) is 5.91 Å². The summed E-state index contributed by atoms with van der Waals surface area (Å²) in [7, 11) is 1.76. The minimum atomic E-state index is -0.533. The molecule has 140 valence electrons. The smallest absolute Gasteiger partial charge is 0.254 e. The Morgan fingerprint density at radius 3 is 2.48 bits per heavy atom. The Labute approximate surface area is 150 Å². The third-order valence-electron chi connectivity index (χ3n) is 5.28. The van der Waals surface area contributed by atoms with E-state index >= 15 is 0 Å². The van der Waals surface area contributed by atoms with E-state index in [2.05, 4.69) is 48.3 Å². The van der Waals surface area contributed by atoms with Crippen LogP contribution < -0.4 is 16.4 Å². The van der Waals surface area contributed by atoms with Crippen molar-refractivity contribution in [3.05, 3.63) is 11.8 Å². The maximum atomic E-state index is 11.7. The van der Waals surface area contributed by atoms with Crippen LogP contribution in [0.15, 0.2) is 6.20 Å². The van der Waals surface area contributed by atoms with Gasteiger partial charge in [0.2, 0.25) is 5.95 Å². The Hall–Kier alpha value is -1.89. The molecule has 0 radical (unpaired) electrons. The number of carbonyl (C=O) groups is 1. The van der Waals surface area contributed by atoms with Crippen molar-refractivity contribution in [2.45, 2.75) is 71.1 Å². The number of aromatic nitrogens is 2. The van der Waals surface area contributed by atoms with Crippen molar-refractivity contribution in [2.24, 2.45) is 11.7 Å². The zero-order valence-electron chi connectivity index (χ0n) is 15.9. The summed E-state index contributed by atoms with van der Waals surface area (Å²) in [6.07, 6.45) is 5.93. The highest BCUT2D eigenvalue weighted by molar-refractivity contribution is 5.97. The van der Waals surface area contributed by atoms with Crippen molar-refractivity contribution in [3.8, 4) is 0 Å². The Balaban J connectivity index is 2.15.